The van der Waals surface area contributed by atoms with E-state index >= 15 is 0 Å². The molecule has 1 unspecified atom stereocenters. The second-order valence-corrected chi connectivity index (χ2v) is 5.72. The number of rotatable bonds is 6. The molecule has 0 aliphatic rings. The minimum atomic E-state index is -0.308. The number of benzene rings is 2. The summed E-state index contributed by atoms with van der Waals surface area (Å²) in [6.07, 6.45) is -0.190. The van der Waals surface area contributed by atoms with Gasteiger partial charge in [-0.15, -0.1) is 0 Å². The minimum absolute atomic E-state index is 0.132. The Morgan fingerprint density at radius 3 is 2.30 bits per heavy atom. The summed E-state index contributed by atoms with van der Waals surface area (Å²) in [5.41, 5.74) is 1.93. The van der Waals surface area contributed by atoms with Crippen molar-refractivity contribution in [2.45, 2.75) is 25.9 Å². The summed E-state index contributed by atoms with van der Waals surface area (Å²) in [6, 6.07) is 16.7. The molecule has 23 heavy (non-hydrogen) atoms. The van der Waals surface area contributed by atoms with Gasteiger partial charge in [0.1, 0.15) is 6.42 Å². The van der Waals surface area contributed by atoms with Gasteiger partial charge in [-0.25, -0.2) is 0 Å². The summed E-state index contributed by atoms with van der Waals surface area (Å²) in [6.45, 7) is 2.26. The SMILES string of the molecule is CC(NC(=O)CC(=O)NCc1ccc(Cl)cc1)c1ccccc1. The van der Waals surface area contributed by atoms with E-state index in [4.69, 9.17) is 11.6 Å². The van der Waals surface area contributed by atoms with Gasteiger partial charge in [-0.2, -0.15) is 0 Å². The van der Waals surface area contributed by atoms with E-state index in [0.29, 0.717) is 11.6 Å². The van der Waals surface area contributed by atoms with Crippen LogP contribution in [0.15, 0.2) is 54.6 Å². The van der Waals surface area contributed by atoms with Gasteiger partial charge in [0.25, 0.3) is 0 Å². The van der Waals surface area contributed by atoms with Crippen LogP contribution in [0.25, 0.3) is 0 Å². The number of amides is 2. The molecule has 0 heterocycles. The average molecular weight is 331 g/mol. The smallest absolute Gasteiger partial charge is 0.229 e. The maximum atomic E-state index is 11.9. The van der Waals surface area contributed by atoms with E-state index in [-0.39, 0.29) is 24.3 Å². The molecular formula is C18H19ClN2O2. The Bertz CT molecular complexity index is 656. The molecule has 0 fully saturated rings. The van der Waals surface area contributed by atoms with Crippen molar-refractivity contribution < 1.29 is 9.59 Å². The van der Waals surface area contributed by atoms with Gasteiger partial charge in [0.15, 0.2) is 0 Å². The molecule has 0 bridgehead atoms. The number of carbonyl (C=O) groups is 2. The van der Waals surface area contributed by atoms with E-state index in [1.807, 2.05) is 49.4 Å². The van der Waals surface area contributed by atoms with Crippen LogP contribution in [0, 0.1) is 0 Å². The van der Waals surface area contributed by atoms with Crippen LogP contribution in [0.3, 0.4) is 0 Å². The topological polar surface area (TPSA) is 58.2 Å². The monoisotopic (exact) mass is 330 g/mol. The second kappa shape index (κ2) is 8.34. The van der Waals surface area contributed by atoms with Crippen LogP contribution in [0.1, 0.15) is 30.5 Å². The third-order valence-corrected chi connectivity index (χ3v) is 3.65. The quantitative estimate of drug-likeness (QED) is 0.799. The van der Waals surface area contributed by atoms with Crippen LogP contribution in [0.4, 0.5) is 0 Å². The summed E-state index contributed by atoms with van der Waals surface area (Å²) in [7, 11) is 0. The van der Waals surface area contributed by atoms with Crippen LogP contribution in [0.2, 0.25) is 5.02 Å². The standard InChI is InChI=1S/C18H19ClN2O2/c1-13(15-5-3-2-4-6-15)21-18(23)11-17(22)20-12-14-7-9-16(19)10-8-14/h2-10,13H,11-12H2,1H3,(H,20,22)(H,21,23). The molecule has 0 aromatic heterocycles. The maximum absolute atomic E-state index is 11.9. The predicted molar refractivity (Wildman–Crippen MR) is 90.9 cm³/mol. The molecule has 0 radical (unpaired) electrons. The van der Waals surface area contributed by atoms with Gasteiger partial charge in [-0.3, -0.25) is 9.59 Å². The molecule has 0 saturated carbocycles. The molecule has 120 valence electrons. The third-order valence-electron chi connectivity index (χ3n) is 3.40. The van der Waals surface area contributed by atoms with E-state index in [1.54, 1.807) is 12.1 Å². The van der Waals surface area contributed by atoms with E-state index in [9.17, 15) is 9.59 Å². The lowest BCUT2D eigenvalue weighted by Crippen LogP contribution is -2.33. The molecular weight excluding hydrogens is 312 g/mol. The van der Waals surface area contributed by atoms with E-state index in [0.717, 1.165) is 11.1 Å². The Hall–Kier alpha value is -2.33. The van der Waals surface area contributed by atoms with Crippen molar-refractivity contribution in [1.82, 2.24) is 10.6 Å². The van der Waals surface area contributed by atoms with Gasteiger partial charge in [-0.05, 0) is 30.2 Å². The average Bonchev–Trinajstić information content (AvgIpc) is 2.55. The Morgan fingerprint density at radius 1 is 1.00 bits per heavy atom. The summed E-state index contributed by atoms with van der Waals surface area (Å²) in [4.78, 5) is 23.7. The largest absolute Gasteiger partial charge is 0.352 e. The van der Waals surface area contributed by atoms with E-state index < -0.39 is 0 Å². The molecule has 1 atom stereocenters. The van der Waals surface area contributed by atoms with Crippen molar-refractivity contribution in [3.8, 4) is 0 Å². The van der Waals surface area contributed by atoms with Crippen molar-refractivity contribution in [3.05, 3.63) is 70.7 Å². The van der Waals surface area contributed by atoms with Crippen LogP contribution < -0.4 is 10.6 Å². The molecule has 2 N–H and O–H groups in total. The Morgan fingerprint density at radius 2 is 1.65 bits per heavy atom. The molecule has 0 saturated heterocycles. The minimum Gasteiger partial charge on any atom is -0.352 e. The van der Waals surface area contributed by atoms with Gasteiger partial charge >= 0.3 is 0 Å². The summed E-state index contributed by atoms with van der Waals surface area (Å²) in [5, 5.41) is 6.18. The maximum Gasteiger partial charge on any atom is 0.229 e. The van der Waals surface area contributed by atoms with Gasteiger partial charge in [-0.1, -0.05) is 54.1 Å². The van der Waals surface area contributed by atoms with Crippen molar-refractivity contribution in [3.63, 3.8) is 0 Å². The molecule has 2 aromatic rings. The first-order valence-electron chi connectivity index (χ1n) is 7.40. The molecule has 5 heteroatoms. The van der Waals surface area contributed by atoms with E-state index in [1.165, 1.54) is 0 Å². The highest BCUT2D eigenvalue weighted by Gasteiger charge is 2.13. The molecule has 0 spiro atoms. The number of halogens is 1. The highest BCUT2D eigenvalue weighted by Crippen LogP contribution is 2.11. The first-order chi connectivity index (χ1) is 11.0. The van der Waals surface area contributed by atoms with Crippen LogP contribution in [-0.2, 0) is 16.1 Å². The van der Waals surface area contributed by atoms with Crippen molar-refractivity contribution in [2.75, 3.05) is 0 Å². The van der Waals surface area contributed by atoms with Crippen LogP contribution >= 0.6 is 11.6 Å². The highest BCUT2D eigenvalue weighted by atomic mass is 35.5. The lowest BCUT2D eigenvalue weighted by atomic mass is 10.1. The number of hydrogen-bond donors (Lipinski definition) is 2. The fourth-order valence-corrected chi connectivity index (χ4v) is 2.25. The zero-order valence-corrected chi connectivity index (χ0v) is 13.6. The van der Waals surface area contributed by atoms with Crippen molar-refractivity contribution >= 4 is 23.4 Å². The highest BCUT2D eigenvalue weighted by molar-refractivity contribution is 6.30. The summed E-state index contributed by atoms with van der Waals surface area (Å²) in [5.74, 6) is -0.604. The van der Waals surface area contributed by atoms with Crippen molar-refractivity contribution in [2.24, 2.45) is 0 Å². The van der Waals surface area contributed by atoms with Gasteiger partial charge < -0.3 is 10.6 Å². The van der Waals surface area contributed by atoms with Gasteiger partial charge in [0.05, 0.1) is 6.04 Å². The first kappa shape index (κ1) is 17.0. The van der Waals surface area contributed by atoms with Crippen LogP contribution in [0.5, 0.6) is 0 Å². The van der Waals surface area contributed by atoms with Crippen LogP contribution in [-0.4, -0.2) is 11.8 Å². The number of carbonyl (C=O) groups excluding carboxylic acids is 2. The fraction of sp³-hybridized carbons (Fsp3) is 0.222. The Kier molecular flexibility index (Phi) is 6.18. The Labute approximate surface area is 140 Å². The summed E-state index contributed by atoms with van der Waals surface area (Å²) < 4.78 is 0. The second-order valence-electron chi connectivity index (χ2n) is 5.28. The molecule has 0 aliphatic carbocycles. The summed E-state index contributed by atoms with van der Waals surface area (Å²) >= 11 is 5.80. The van der Waals surface area contributed by atoms with Gasteiger partial charge in [0, 0.05) is 11.6 Å². The first-order valence-corrected chi connectivity index (χ1v) is 7.78. The molecule has 0 aliphatic heterocycles. The molecule has 2 aromatic carbocycles. The third kappa shape index (κ3) is 5.75. The lowest BCUT2D eigenvalue weighted by Gasteiger charge is -2.14. The number of nitrogens with one attached hydrogen (secondary N) is 2. The zero-order chi connectivity index (χ0) is 16.7. The fourth-order valence-electron chi connectivity index (χ4n) is 2.13. The zero-order valence-electron chi connectivity index (χ0n) is 12.9. The molecule has 2 amide bonds. The van der Waals surface area contributed by atoms with E-state index in [2.05, 4.69) is 10.6 Å². The lowest BCUT2D eigenvalue weighted by molar-refractivity contribution is -0.129. The van der Waals surface area contributed by atoms with Crippen molar-refractivity contribution in [1.29, 1.82) is 0 Å². The molecule has 4 nitrogen and oxygen atoms in total. The predicted octanol–water partition coefficient (Wildman–Crippen LogP) is 3.22. The normalized spacial score (nSPS) is 11.6. The molecule has 2 rings (SSSR count). The number of hydrogen-bond acceptors (Lipinski definition) is 2. The van der Waals surface area contributed by atoms with Gasteiger partial charge in [0.2, 0.25) is 11.8 Å². The Balaban J connectivity index is 1.76.